The largest absolute Gasteiger partial charge is 0.369 e. The highest BCUT2D eigenvalue weighted by Gasteiger charge is 2.21. The van der Waals surface area contributed by atoms with Gasteiger partial charge in [-0.15, -0.1) is 0 Å². The highest BCUT2D eigenvalue weighted by atomic mass is 15.2. The number of nitrogens with two attached hydrogens (primary N) is 1. The summed E-state index contributed by atoms with van der Waals surface area (Å²) in [6.07, 6.45) is 1.12. The molecule has 0 heterocycles. The molecule has 0 unspecified atom stereocenters. The van der Waals surface area contributed by atoms with Crippen LogP contribution in [0.5, 0.6) is 0 Å². The summed E-state index contributed by atoms with van der Waals surface area (Å²) in [6, 6.07) is 8.43. The van der Waals surface area contributed by atoms with Gasteiger partial charge in [-0.2, -0.15) is 0 Å². The van der Waals surface area contributed by atoms with E-state index < -0.39 is 0 Å². The van der Waals surface area contributed by atoms with Crippen molar-refractivity contribution in [2.75, 3.05) is 11.9 Å². The Morgan fingerprint density at radius 2 is 2.00 bits per heavy atom. The van der Waals surface area contributed by atoms with Crippen LogP contribution < -0.4 is 10.6 Å². The maximum atomic E-state index is 5.64. The van der Waals surface area contributed by atoms with Gasteiger partial charge < -0.3 is 10.6 Å². The first-order valence-electron chi connectivity index (χ1n) is 5.54. The summed E-state index contributed by atoms with van der Waals surface area (Å²) < 4.78 is 0. The minimum absolute atomic E-state index is 0.188. The molecule has 0 aromatic heterocycles. The number of anilines is 1. The summed E-state index contributed by atoms with van der Waals surface area (Å²) in [4.78, 5) is 2.31. The third-order valence-electron chi connectivity index (χ3n) is 3.31. The topological polar surface area (TPSA) is 29.3 Å². The third kappa shape index (κ3) is 2.72. The molecule has 0 bridgehead atoms. The average molecular weight is 206 g/mol. The average Bonchev–Trinajstić information content (AvgIpc) is 2.28. The number of hydrogen-bond acceptors (Lipinski definition) is 2. The van der Waals surface area contributed by atoms with Gasteiger partial charge in [-0.3, -0.25) is 0 Å². The van der Waals surface area contributed by atoms with E-state index in [0.717, 1.165) is 6.42 Å². The summed E-state index contributed by atoms with van der Waals surface area (Å²) in [5.41, 5.74) is 8.26. The smallest absolute Gasteiger partial charge is 0.0371 e. The van der Waals surface area contributed by atoms with Crippen molar-refractivity contribution in [2.45, 2.75) is 39.3 Å². The van der Waals surface area contributed by atoms with Gasteiger partial charge in [-0.25, -0.2) is 0 Å². The highest BCUT2D eigenvalue weighted by molar-refractivity contribution is 5.50. The molecular weight excluding hydrogens is 184 g/mol. The number of nitrogens with zero attached hydrogens (tertiary/aromatic N) is 1. The fourth-order valence-corrected chi connectivity index (χ4v) is 1.48. The molecule has 1 aromatic carbocycles. The molecule has 2 nitrogen and oxygen atoms in total. The van der Waals surface area contributed by atoms with Gasteiger partial charge >= 0.3 is 0 Å². The van der Waals surface area contributed by atoms with Crippen LogP contribution in [0.3, 0.4) is 0 Å². The maximum absolute atomic E-state index is 5.64. The van der Waals surface area contributed by atoms with Crippen LogP contribution >= 0.6 is 0 Å². The predicted octanol–water partition coefficient (Wildman–Crippen LogP) is 2.77. The lowest BCUT2D eigenvalue weighted by Gasteiger charge is -2.37. The fourth-order valence-electron chi connectivity index (χ4n) is 1.48. The number of hydrogen-bond donors (Lipinski definition) is 1. The molecular formula is C13H22N2. The molecule has 15 heavy (non-hydrogen) atoms. The summed E-state index contributed by atoms with van der Waals surface area (Å²) in [7, 11) is 2.14. The molecule has 0 radical (unpaired) electrons. The molecule has 0 fully saturated rings. The molecule has 0 aliphatic heterocycles. The van der Waals surface area contributed by atoms with Crippen molar-refractivity contribution in [3.8, 4) is 0 Å². The first-order valence-corrected chi connectivity index (χ1v) is 5.54. The standard InChI is InChI=1S/C13H22N2/c1-5-13(2,3)15(4)12-8-6-7-11(9-12)10-14/h6-9H,5,10,14H2,1-4H3. The normalized spacial score (nSPS) is 11.5. The molecule has 2 heteroatoms. The van der Waals surface area contributed by atoms with E-state index in [1.807, 2.05) is 0 Å². The second kappa shape index (κ2) is 4.67. The quantitative estimate of drug-likeness (QED) is 0.820. The molecule has 0 aliphatic rings. The van der Waals surface area contributed by atoms with E-state index in [1.165, 1.54) is 11.3 Å². The third-order valence-corrected chi connectivity index (χ3v) is 3.31. The molecule has 1 aromatic rings. The monoisotopic (exact) mass is 206 g/mol. The Hall–Kier alpha value is -1.02. The Morgan fingerprint density at radius 3 is 2.53 bits per heavy atom. The van der Waals surface area contributed by atoms with Gasteiger partial charge in [0.15, 0.2) is 0 Å². The van der Waals surface area contributed by atoms with Gasteiger partial charge in [0, 0.05) is 24.8 Å². The Bertz CT molecular complexity index is 318. The van der Waals surface area contributed by atoms with E-state index in [4.69, 9.17) is 5.73 Å². The van der Waals surface area contributed by atoms with Crippen LogP contribution in [0.1, 0.15) is 32.8 Å². The molecule has 84 valence electrons. The minimum Gasteiger partial charge on any atom is -0.369 e. The van der Waals surface area contributed by atoms with Crippen molar-refractivity contribution in [2.24, 2.45) is 5.73 Å². The van der Waals surface area contributed by atoms with E-state index in [-0.39, 0.29) is 5.54 Å². The first kappa shape index (κ1) is 12.1. The van der Waals surface area contributed by atoms with Crippen LogP contribution in [0.25, 0.3) is 0 Å². The van der Waals surface area contributed by atoms with Gasteiger partial charge in [0.1, 0.15) is 0 Å². The maximum Gasteiger partial charge on any atom is 0.0371 e. The zero-order valence-electron chi connectivity index (χ0n) is 10.2. The Kier molecular flexibility index (Phi) is 3.75. The molecule has 0 atom stereocenters. The summed E-state index contributed by atoms with van der Waals surface area (Å²) in [5, 5.41) is 0. The Balaban J connectivity index is 2.95. The Labute approximate surface area is 93.1 Å². The molecule has 0 saturated carbocycles. The lowest BCUT2D eigenvalue weighted by molar-refractivity contribution is 0.470. The van der Waals surface area contributed by atoms with Crippen molar-refractivity contribution in [3.05, 3.63) is 29.8 Å². The van der Waals surface area contributed by atoms with E-state index in [0.29, 0.717) is 6.54 Å². The van der Waals surface area contributed by atoms with E-state index in [9.17, 15) is 0 Å². The first-order chi connectivity index (χ1) is 7.01. The van der Waals surface area contributed by atoms with Crippen LogP contribution in [-0.2, 0) is 6.54 Å². The van der Waals surface area contributed by atoms with E-state index >= 15 is 0 Å². The lowest BCUT2D eigenvalue weighted by Crippen LogP contribution is -2.40. The van der Waals surface area contributed by atoms with Crippen LogP contribution in [0.2, 0.25) is 0 Å². The van der Waals surface area contributed by atoms with Crippen LogP contribution in [0, 0.1) is 0 Å². The highest BCUT2D eigenvalue weighted by Crippen LogP contribution is 2.25. The zero-order valence-corrected chi connectivity index (χ0v) is 10.2. The summed E-state index contributed by atoms with van der Waals surface area (Å²) in [5.74, 6) is 0. The van der Waals surface area contributed by atoms with Crippen LogP contribution in [0.4, 0.5) is 5.69 Å². The van der Waals surface area contributed by atoms with Crippen LogP contribution in [-0.4, -0.2) is 12.6 Å². The zero-order chi connectivity index (χ0) is 11.5. The van der Waals surface area contributed by atoms with Crippen molar-refractivity contribution in [3.63, 3.8) is 0 Å². The van der Waals surface area contributed by atoms with Crippen LogP contribution in [0.15, 0.2) is 24.3 Å². The van der Waals surface area contributed by atoms with Crippen molar-refractivity contribution in [1.29, 1.82) is 0 Å². The minimum atomic E-state index is 0.188. The molecule has 1 rings (SSSR count). The van der Waals surface area contributed by atoms with Gasteiger partial charge in [0.25, 0.3) is 0 Å². The van der Waals surface area contributed by atoms with E-state index in [2.05, 4.69) is 57.0 Å². The molecule has 0 aliphatic carbocycles. The van der Waals surface area contributed by atoms with Crippen molar-refractivity contribution >= 4 is 5.69 Å². The number of benzene rings is 1. The van der Waals surface area contributed by atoms with Gasteiger partial charge in [-0.1, -0.05) is 19.1 Å². The molecule has 0 saturated heterocycles. The fraction of sp³-hybridized carbons (Fsp3) is 0.538. The predicted molar refractivity (Wildman–Crippen MR) is 67.1 cm³/mol. The van der Waals surface area contributed by atoms with E-state index in [1.54, 1.807) is 0 Å². The molecule has 0 spiro atoms. The summed E-state index contributed by atoms with van der Waals surface area (Å²) in [6.45, 7) is 7.32. The molecule has 0 amide bonds. The molecule has 2 N–H and O–H groups in total. The summed E-state index contributed by atoms with van der Waals surface area (Å²) >= 11 is 0. The van der Waals surface area contributed by atoms with Gasteiger partial charge in [0.2, 0.25) is 0 Å². The second-order valence-corrected chi connectivity index (χ2v) is 4.60. The van der Waals surface area contributed by atoms with Crippen molar-refractivity contribution < 1.29 is 0 Å². The van der Waals surface area contributed by atoms with Crippen molar-refractivity contribution in [1.82, 2.24) is 0 Å². The SMILES string of the molecule is CCC(C)(C)N(C)c1cccc(CN)c1. The second-order valence-electron chi connectivity index (χ2n) is 4.60. The van der Waals surface area contributed by atoms with Gasteiger partial charge in [0.05, 0.1) is 0 Å². The lowest BCUT2D eigenvalue weighted by atomic mass is 9.99. The Morgan fingerprint density at radius 1 is 1.33 bits per heavy atom. The van der Waals surface area contributed by atoms with Gasteiger partial charge in [-0.05, 0) is 38.0 Å². The number of rotatable bonds is 4.